The third-order valence-electron chi connectivity index (χ3n) is 6.17. The molecule has 9 heteroatoms. The van der Waals surface area contributed by atoms with Crippen LogP contribution in [0.15, 0.2) is 64.0 Å². The zero-order valence-corrected chi connectivity index (χ0v) is 20.7. The Bertz CT molecular complexity index is 1480. The summed E-state index contributed by atoms with van der Waals surface area (Å²) in [5.41, 5.74) is 1.38. The van der Waals surface area contributed by atoms with E-state index >= 15 is 0 Å². The summed E-state index contributed by atoms with van der Waals surface area (Å²) >= 11 is 0. The first-order valence-corrected chi connectivity index (χ1v) is 11.3. The van der Waals surface area contributed by atoms with Gasteiger partial charge in [-0.2, -0.15) is 0 Å². The van der Waals surface area contributed by atoms with E-state index in [2.05, 4.69) is 0 Å². The van der Waals surface area contributed by atoms with Crippen molar-refractivity contribution in [3.05, 3.63) is 76.1 Å². The van der Waals surface area contributed by atoms with Crippen molar-refractivity contribution < 1.29 is 38.4 Å². The Balaban J connectivity index is 1.98. The van der Waals surface area contributed by atoms with Crippen molar-refractivity contribution in [3.63, 3.8) is 0 Å². The van der Waals surface area contributed by atoms with Gasteiger partial charge in [0.1, 0.15) is 23.3 Å². The van der Waals surface area contributed by atoms with Gasteiger partial charge in [0, 0.05) is 11.5 Å². The molecule has 0 fully saturated rings. The van der Waals surface area contributed by atoms with Crippen LogP contribution in [-0.4, -0.2) is 44.6 Å². The molecule has 0 saturated heterocycles. The fourth-order valence-electron chi connectivity index (χ4n) is 4.33. The van der Waals surface area contributed by atoms with Crippen molar-refractivity contribution in [1.29, 1.82) is 0 Å². The summed E-state index contributed by atoms with van der Waals surface area (Å²) < 4.78 is 27.2. The van der Waals surface area contributed by atoms with E-state index < -0.39 is 11.9 Å². The minimum Gasteiger partial charge on any atom is -0.508 e. The molecule has 2 N–H and O–H groups in total. The highest BCUT2D eigenvalue weighted by atomic mass is 16.5. The molecule has 9 nitrogen and oxygen atoms in total. The molecule has 192 valence electrons. The van der Waals surface area contributed by atoms with E-state index in [9.17, 15) is 19.8 Å². The van der Waals surface area contributed by atoms with Crippen LogP contribution in [-0.2, 0) is 9.53 Å². The molecule has 4 aromatic rings. The molecule has 0 spiro atoms. The van der Waals surface area contributed by atoms with E-state index in [0.717, 1.165) is 0 Å². The number of esters is 1. The smallest absolute Gasteiger partial charge is 0.306 e. The molecule has 1 aromatic heterocycles. The number of carbonyl (C=O) groups is 1. The number of ether oxygens (including phenoxy) is 4. The van der Waals surface area contributed by atoms with E-state index in [1.807, 2.05) is 0 Å². The first kappa shape index (κ1) is 25.4. The molecule has 0 radical (unpaired) electrons. The SMILES string of the molecule is COC(=O)C[C@@H](c1cc(OC)c(OC)c(OC)c1)c1c(O)ccc2c(=O)c(-c3ccc(O)cc3)coc12. The average molecular weight is 507 g/mol. The van der Waals surface area contributed by atoms with Crippen LogP contribution in [0, 0.1) is 0 Å². The number of benzene rings is 3. The van der Waals surface area contributed by atoms with Gasteiger partial charge in [-0.1, -0.05) is 12.1 Å². The average Bonchev–Trinajstić information content (AvgIpc) is 2.91. The lowest BCUT2D eigenvalue weighted by atomic mass is 9.86. The fraction of sp³-hybridized carbons (Fsp3) is 0.214. The third-order valence-corrected chi connectivity index (χ3v) is 6.17. The first-order valence-electron chi connectivity index (χ1n) is 11.3. The predicted octanol–water partition coefficient (Wildman–Crippen LogP) is 4.59. The number of fused-ring (bicyclic) bond motifs is 1. The monoisotopic (exact) mass is 506 g/mol. The standard InChI is InChI=1S/C28H26O9/c1-33-22-11-16(12-23(34-2)28(22)36-4)19(13-24(31)35-3)25-21(30)10-9-18-26(32)20(14-37-27(18)25)15-5-7-17(29)8-6-15/h5-12,14,19,29-30H,13H2,1-4H3/t19-/m0/s1. The molecular weight excluding hydrogens is 480 g/mol. The topological polar surface area (TPSA) is 125 Å². The van der Waals surface area contributed by atoms with Gasteiger partial charge in [-0.25, -0.2) is 0 Å². The number of aromatic hydroxyl groups is 2. The highest BCUT2D eigenvalue weighted by Gasteiger charge is 2.29. The van der Waals surface area contributed by atoms with E-state index in [0.29, 0.717) is 28.4 Å². The van der Waals surface area contributed by atoms with Gasteiger partial charge >= 0.3 is 5.97 Å². The largest absolute Gasteiger partial charge is 0.508 e. The van der Waals surface area contributed by atoms with Crippen molar-refractivity contribution in [2.45, 2.75) is 12.3 Å². The Labute approximate surface area is 212 Å². The van der Waals surface area contributed by atoms with Gasteiger partial charge in [0.15, 0.2) is 11.5 Å². The molecule has 3 aromatic carbocycles. The number of hydrogen-bond donors (Lipinski definition) is 2. The van der Waals surface area contributed by atoms with Gasteiger partial charge in [0.05, 0.1) is 45.8 Å². The zero-order chi connectivity index (χ0) is 26.7. The van der Waals surface area contributed by atoms with Crippen LogP contribution in [0.4, 0.5) is 0 Å². The van der Waals surface area contributed by atoms with Crippen molar-refractivity contribution in [1.82, 2.24) is 0 Å². The Hall–Kier alpha value is -4.66. The Morgan fingerprint density at radius 1 is 0.919 bits per heavy atom. The van der Waals surface area contributed by atoms with Crippen LogP contribution in [0.1, 0.15) is 23.5 Å². The molecule has 1 heterocycles. The van der Waals surface area contributed by atoms with Gasteiger partial charge < -0.3 is 33.6 Å². The number of phenolic OH excluding ortho intramolecular Hbond substituents is 2. The van der Waals surface area contributed by atoms with Gasteiger partial charge in [0.25, 0.3) is 0 Å². The molecule has 1 atom stereocenters. The van der Waals surface area contributed by atoms with E-state index in [1.165, 1.54) is 59.0 Å². The number of hydrogen-bond acceptors (Lipinski definition) is 9. The summed E-state index contributed by atoms with van der Waals surface area (Å²) in [4.78, 5) is 25.9. The summed E-state index contributed by atoms with van der Waals surface area (Å²) in [6.45, 7) is 0. The molecule has 0 bridgehead atoms. The molecule has 37 heavy (non-hydrogen) atoms. The van der Waals surface area contributed by atoms with E-state index in [4.69, 9.17) is 23.4 Å². The summed E-state index contributed by atoms with van der Waals surface area (Å²) in [5, 5.41) is 20.8. The second-order valence-electron chi connectivity index (χ2n) is 8.19. The maximum absolute atomic E-state index is 13.4. The molecule has 0 saturated carbocycles. The molecule has 0 aliphatic carbocycles. The first-order chi connectivity index (χ1) is 17.8. The second-order valence-corrected chi connectivity index (χ2v) is 8.19. The number of methoxy groups -OCH3 is 4. The van der Waals surface area contributed by atoms with Crippen LogP contribution in [0.3, 0.4) is 0 Å². The lowest BCUT2D eigenvalue weighted by Gasteiger charge is -2.22. The van der Waals surface area contributed by atoms with Crippen molar-refractivity contribution in [2.24, 2.45) is 0 Å². The van der Waals surface area contributed by atoms with Crippen molar-refractivity contribution >= 4 is 16.9 Å². The summed E-state index contributed by atoms with van der Waals surface area (Å²) in [6.07, 6.45) is 1.12. The summed E-state index contributed by atoms with van der Waals surface area (Å²) in [7, 11) is 5.68. The van der Waals surface area contributed by atoms with Gasteiger partial charge in [-0.3, -0.25) is 9.59 Å². The second kappa shape index (κ2) is 10.5. The number of rotatable bonds is 8. The lowest BCUT2D eigenvalue weighted by molar-refractivity contribution is -0.140. The molecule has 0 unspecified atom stereocenters. The predicted molar refractivity (Wildman–Crippen MR) is 136 cm³/mol. The van der Waals surface area contributed by atoms with Gasteiger partial charge in [-0.15, -0.1) is 0 Å². The minimum absolute atomic E-state index is 0.0668. The molecule has 0 amide bonds. The molecule has 0 aliphatic rings. The van der Waals surface area contributed by atoms with Crippen LogP contribution in [0.5, 0.6) is 28.7 Å². The van der Waals surface area contributed by atoms with Crippen LogP contribution < -0.4 is 19.6 Å². The lowest BCUT2D eigenvalue weighted by Crippen LogP contribution is -2.13. The Kier molecular flexibility index (Phi) is 7.24. The Morgan fingerprint density at radius 3 is 2.14 bits per heavy atom. The number of carbonyl (C=O) groups excluding carboxylic acids is 1. The van der Waals surface area contributed by atoms with Crippen molar-refractivity contribution in [2.75, 3.05) is 28.4 Å². The van der Waals surface area contributed by atoms with Crippen LogP contribution in [0.2, 0.25) is 0 Å². The maximum atomic E-state index is 13.4. The quantitative estimate of drug-likeness (QED) is 0.330. The maximum Gasteiger partial charge on any atom is 0.306 e. The molecule has 4 rings (SSSR count). The number of phenols is 2. The van der Waals surface area contributed by atoms with Crippen LogP contribution in [0.25, 0.3) is 22.1 Å². The van der Waals surface area contributed by atoms with Gasteiger partial charge in [-0.05, 0) is 47.5 Å². The van der Waals surface area contributed by atoms with E-state index in [1.54, 1.807) is 24.3 Å². The molecule has 0 aliphatic heterocycles. The fourth-order valence-corrected chi connectivity index (χ4v) is 4.33. The van der Waals surface area contributed by atoms with E-state index in [-0.39, 0.29) is 45.4 Å². The van der Waals surface area contributed by atoms with Crippen LogP contribution >= 0.6 is 0 Å². The highest BCUT2D eigenvalue weighted by molar-refractivity contribution is 5.87. The summed E-state index contributed by atoms with van der Waals surface area (Å²) in [6, 6.07) is 12.3. The van der Waals surface area contributed by atoms with Gasteiger partial charge in [0.2, 0.25) is 11.2 Å². The highest BCUT2D eigenvalue weighted by Crippen LogP contribution is 2.45. The minimum atomic E-state index is -0.799. The Morgan fingerprint density at radius 2 is 1.57 bits per heavy atom. The zero-order valence-electron chi connectivity index (χ0n) is 20.7. The normalized spacial score (nSPS) is 11.7. The molecular formula is C28H26O9. The summed E-state index contributed by atoms with van der Waals surface area (Å²) in [5.74, 6) is -0.388. The van der Waals surface area contributed by atoms with Crippen molar-refractivity contribution in [3.8, 4) is 39.9 Å². The third kappa shape index (κ3) is 4.75.